The van der Waals surface area contributed by atoms with E-state index in [1.807, 2.05) is 23.1 Å². The number of ether oxygens (including phenoxy) is 2. The number of carbonyl (C=O) groups is 2. The molecule has 1 aromatic carbocycles. The number of rotatable bonds is 3. The summed E-state index contributed by atoms with van der Waals surface area (Å²) >= 11 is 0. The van der Waals surface area contributed by atoms with Crippen molar-refractivity contribution in [2.24, 2.45) is 0 Å². The molecule has 0 aliphatic carbocycles. The van der Waals surface area contributed by atoms with E-state index in [0.29, 0.717) is 25.1 Å². The molecule has 134 valence electrons. The number of benzene rings is 1. The summed E-state index contributed by atoms with van der Waals surface area (Å²) in [6.45, 7) is 3.59. The van der Waals surface area contributed by atoms with Gasteiger partial charge in [-0.05, 0) is 50.3 Å². The highest BCUT2D eigenvalue weighted by Gasteiger charge is 2.39. The van der Waals surface area contributed by atoms with Crippen molar-refractivity contribution in [1.82, 2.24) is 9.80 Å². The Labute approximate surface area is 147 Å². The lowest BCUT2D eigenvalue weighted by atomic mass is 10.0. The van der Waals surface area contributed by atoms with Crippen LogP contribution in [0.1, 0.15) is 44.6 Å². The lowest BCUT2D eigenvalue weighted by Crippen LogP contribution is -2.51. The van der Waals surface area contributed by atoms with Crippen molar-refractivity contribution < 1.29 is 19.1 Å². The standard InChI is InChI=1S/C19H24N2O4/c1-13-4-2-3-9-20(13)19(23)15-6-8-18(22)21(15)11-14-5-7-16-17(10-14)25-12-24-16/h5,7,10,13,15H,2-4,6,8-9,11-12H2,1H3. The number of nitrogens with zero attached hydrogens (tertiary/aromatic N) is 2. The average Bonchev–Trinajstić information content (AvgIpc) is 3.22. The molecule has 0 radical (unpaired) electrons. The Morgan fingerprint density at radius 2 is 2.04 bits per heavy atom. The molecule has 4 rings (SSSR count). The van der Waals surface area contributed by atoms with E-state index in [4.69, 9.17) is 9.47 Å². The van der Waals surface area contributed by atoms with Gasteiger partial charge in [0.2, 0.25) is 18.6 Å². The molecule has 0 N–H and O–H groups in total. The summed E-state index contributed by atoms with van der Waals surface area (Å²) < 4.78 is 10.7. The molecule has 1 aromatic rings. The van der Waals surface area contributed by atoms with Crippen molar-refractivity contribution in [3.8, 4) is 11.5 Å². The van der Waals surface area contributed by atoms with Gasteiger partial charge >= 0.3 is 0 Å². The maximum atomic E-state index is 13.0. The monoisotopic (exact) mass is 344 g/mol. The van der Waals surface area contributed by atoms with Gasteiger partial charge in [-0.3, -0.25) is 9.59 Å². The molecule has 2 unspecified atom stereocenters. The van der Waals surface area contributed by atoms with Crippen LogP contribution in [0.4, 0.5) is 0 Å². The minimum Gasteiger partial charge on any atom is -0.454 e. The Hall–Kier alpha value is -2.24. The summed E-state index contributed by atoms with van der Waals surface area (Å²) in [5, 5.41) is 0. The van der Waals surface area contributed by atoms with Gasteiger partial charge in [0.05, 0.1) is 0 Å². The van der Waals surface area contributed by atoms with Crippen LogP contribution in [0.3, 0.4) is 0 Å². The zero-order chi connectivity index (χ0) is 17.4. The molecular formula is C19H24N2O4. The minimum absolute atomic E-state index is 0.0562. The quantitative estimate of drug-likeness (QED) is 0.844. The third-order valence-electron chi connectivity index (χ3n) is 5.49. The van der Waals surface area contributed by atoms with E-state index in [9.17, 15) is 9.59 Å². The number of carbonyl (C=O) groups excluding carboxylic acids is 2. The van der Waals surface area contributed by atoms with Crippen LogP contribution in [0.2, 0.25) is 0 Å². The molecule has 2 atom stereocenters. The number of amides is 2. The zero-order valence-electron chi connectivity index (χ0n) is 14.6. The minimum atomic E-state index is -0.335. The smallest absolute Gasteiger partial charge is 0.245 e. The molecule has 2 amide bonds. The van der Waals surface area contributed by atoms with Gasteiger partial charge in [-0.25, -0.2) is 0 Å². The SMILES string of the molecule is CC1CCCCN1C(=O)C1CCC(=O)N1Cc1ccc2c(c1)OCO2. The molecule has 0 aromatic heterocycles. The number of fused-ring (bicyclic) bond motifs is 1. The second-order valence-electron chi connectivity index (χ2n) is 7.14. The lowest BCUT2D eigenvalue weighted by molar-refractivity contribution is -0.144. The second kappa shape index (κ2) is 6.58. The van der Waals surface area contributed by atoms with E-state index >= 15 is 0 Å². The molecule has 25 heavy (non-hydrogen) atoms. The highest BCUT2D eigenvalue weighted by atomic mass is 16.7. The predicted molar refractivity (Wildman–Crippen MR) is 91.2 cm³/mol. The molecule has 2 saturated heterocycles. The highest BCUT2D eigenvalue weighted by Crippen LogP contribution is 2.34. The van der Waals surface area contributed by atoms with Gasteiger partial charge in [-0.1, -0.05) is 6.07 Å². The maximum Gasteiger partial charge on any atom is 0.245 e. The summed E-state index contributed by atoms with van der Waals surface area (Å²) in [6.07, 6.45) is 4.34. The van der Waals surface area contributed by atoms with E-state index in [-0.39, 0.29) is 30.7 Å². The first kappa shape index (κ1) is 16.2. The summed E-state index contributed by atoms with van der Waals surface area (Å²) in [4.78, 5) is 29.1. The van der Waals surface area contributed by atoms with Crippen LogP contribution in [0.15, 0.2) is 18.2 Å². The Bertz CT molecular complexity index is 690. The molecule has 3 aliphatic rings. The van der Waals surface area contributed by atoms with Crippen LogP contribution in [0.25, 0.3) is 0 Å². The first-order valence-electron chi connectivity index (χ1n) is 9.12. The van der Waals surface area contributed by atoms with Crippen molar-refractivity contribution in [3.05, 3.63) is 23.8 Å². The Balaban J connectivity index is 1.50. The van der Waals surface area contributed by atoms with Crippen molar-refractivity contribution >= 4 is 11.8 Å². The van der Waals surface area contributed by atoms with Crippen LogP contribution in [0.5, 0.6) is 11.5 Å². The Morgan fingerprint density at radius 3 is 2.88 bits per heavy atom. The second-order valence-corrected chi connectivity index (χ2v) is 7.14. The van der Waals surface area contributed by atoms with Crippen molar-refractivity contribution in [1.29, 1.82) is 0 Å². The van der Waals surface area contributed by atoms with Crippen molar-refractivity contribution in [2.45, 2.75) is 57.7 Å². The molecule has 6 nitrogen and oxygen atoms in total. The number of hydrogen-bond acceptors (Lipinski definition) is 4. The summed E-state index contributed by atoms with van der Waals surface area (Å²) in [5.74, 6) is 1.60. The highest BCUT2D eigenvalue weighted by molar-refractivity contribution is 5.91. The maximum absolute atomic E-state index is 13.0. The molecule has 3 aliphatic heterocycles. The van der Waals surface area contributed by atoms with Crippen molar-refractivity contribution in [2.75, 3.05) is 13.3 Å². The van der Waals surface area contributed by atoms with E-state index < -0.39 is 0 Å². The fourth-order valence-corrected chi connectivity index (χ4v) is 4.04. The zero-order valence-corrected chi connectivity index (χ0v) is 14.6. The Morgan fingerprint density at radius 1 is 1.20 bits per heavy atom. The molecule has 0 saturated carbocycles. The predicted octanol–water partition coefficient (Wildman–Crippen LogP) is 2.31. The summed E-state index contributed by atoms with van der Waals surface area (Å²) in [6, 6.07) is 5.63. The van der Waals surface area contributed by atoms with Gasteiger partial charge in [0.25, 0.3) is 0 Å². The Kier molecular flexibility index (Phi) is 4.27. The van der Waals surface area contributed by atoms with Gasteiger partial charge in [0.15, 0.2) is 11.5 Å². The largest absolute Gasteiger partial charge is 0.454 e. The van der Waals surface area contributed by atoms with E-state index in [2.05, 4.69) is 6.92 Å². The number of piperidine rings is 1. The third kappa shape index (κ3) is 3.05. The molecule has 3 heterocycles. The first-order valence-corrected chi connectivity index (χ1v) is 9.12. The van der Waals surface area contributed by atoms with Gasteiger partial charge in [0, 0.05) is 25.6 Å². The van der Waals surface area contributed by atoms with Gasteiger partial charge < -0.3 is 19.3 Å². The number of likely N-dealkylation sites (tertiary alicyclic amines) is 2. The van der Waals surface area contributed by atoms with Gasteiger partial charge in [-0.15, -0.1) is 0 Å². The lowest BCUT2D eigenvalue weighted by Gasteiger charge is -2.37. The average molecular weight is 344 g/mol. The van der Waals surface area contributed by atoms with E-state index in [1.54, 1.807) is 4.90 Å². The van der Waals surface area contributed by atoms with E-state index in [1.165, 1.54) is 6.42 Å². The van der Waals surface area contributed by atoms with Crippen LogP contribution >= 0.6 is 0 Å². The molecule has 2 fully saturated rings. The van der Waals surface area contributed by atoms with Crippen LogP contribution in [-0.2, 0) is 16.1 Å². The summed E-state index contributed by atoms with van der Waals surface area (Å²) in [5.41, 5.74) is 0.962. The van der Waals surface area contributed by atoms with Crippen LogP contribution < -0.4 is 9.47 Å². The number of hydrogen-bond donors (Lipinski definition) is 0. The van der Waals surface area contributed by atoms with Crippen LogP contribution in [-0.4, -0.2) is 47.0 Å². The first-order chi connectivity index (χ1) is 12.1. The summed E-state index contributed by atoms with van der Waals surface area (Å²) in [7, 11) is 0. The van der Waals surface area contributed by atoms with Crippen molar-refractivity contribution in [3.63, 3.8) is 0 Å². The third-order valence-corrected chi connectivity index (χ3v) is 5.49. The van der Waals surface area contributed by atoms with Gasteiger partial charge in [-0.2, -0.15) is 0 Å². The normalized spacial score (nSPS) is 25.6. The van der Waals surface area contributed by atoms with Gasteiger partial charge in [0.1, 0.15) is 6.04 Å². The topological polar surface area (TPSA) is 59.1 Å². The fraction of sp³-hybridized carbons (Fsp3) is 0.579. The molecule has 6 heteroatoms. The molecule has 0 spiro atoms. The molecular weight excluding hydrogens is 320 g/mol. The van der Waals surface area contributed by atoms with Crippen LogP contribution in [0, 0.1) is 0 Å². The fourth-order valence-electron chi connectivity index (χ4n) is 4.04. The molecule has 0 bridgehead atoms. The van der Waals surface area contributed by atoms with E-state index in [0.717, 1.165) is 30.7 Å².